The van der Waals surface area contributed by atoms with Crippen molar-refractivity contribution in [2.75, 3.05) is 93.2 Å². The summed E-state index contributed by atoms with van der Waals surface area (Å²) < 4.78 is 97.3. The van der Waals surface area contributed by atoms with Crippen molar-refractivity contribution < 1.29 is 73.7 Å². The number of carbonyl (C=O) groups excluding carboxylic acids is 2. The fourth-order valence-corrected chi connectivity index (χ4v) is 13.0. The van der Waals surface area contributed by atoms with Crippen LogP contribution in [-0.4, -0.2) is 191 Å². The van der Waals surface area contributed by atoms with Crippen molar-refractivity contribution in [2.24, 2.45) is 0 Å². The summed E-state index contributed by atoms with van der Waals surface area (Å²) in [5, 5.41) is 18.8. The molecule has 0 aliphatic carbocycles. The molecule has 2 saturated heterocycles. The molecule has 4 aliphatic heterocycles. The monoisotopic (exact) mass is 1370 g/mol. The fraction of sp³-hybridized carbons (Fsp3) is 0.403. The minimum absolute atomic E-state index is 0. The minimum Gasteiger partial charge on any atom is -0.496 e. The minimum atomic E-state index is -2.89. The van der Waals surface area contributed by atoms with E-state index in [2.05, 4.69) is 37.2 Å². The first-order valence-corrected chi connectivity index (χ1v) is 33.1. The van der Waals surface area contributed by atoms with E-state index in [-0.39, 0.29) is 34.5 Å². The number of aromatic amines is 2. The molecule has 4 aromatic carbocycles. The van der Waals surface area contributed by atoms with Crippen LogP contribution in [0.2, 0.25) is 0 Å². The molecule has 2 fully saturated rings. The number of nitrogens with one attached hydrogen (secondary N) is 2. The number of aromatic nitrogens is 8. The van der Waals surface area contributed by atoms with Gasteiger partial charge in [0.05, 0.1) is 70.7 Å². The standard InChI is InChI=1S/C31H32N6O5.C26H22N4O6.C6H13NO2S.C2H6.2CH4.BH2O.O2S/c1-16-25(17(2)42-35-16)22-14-23-21(15-24(22)39-5)26-27(32-18(3)33-30(26)34-23)19-6-7-20(29-28(19)40-12-13-41-29)31(38)37-10-8-36(4)9-11-37;1-12-21(13(2)36-30-12)17-9-18-16(10-20(17)32-4)22-23(27-14(3)28-26(22)29-18)15-5-6-19(35-11-31)25-24(15)33-7-8-34-25;1-10(8,9)7-5-3-2-4-6-7;1-2;;;1-2;1-3-2/h6-7,14-15H,8-13H2,1-5H3,(H,32,33,34);5-6,9-11H,7-8H2,1-4H3,(H,27,28,29);2-6H2,1H3;1-2H3;2*1H4;1-2H;/i;;;;;;1T;. The molecule has 6 aromatic heterocycles. The van der Waals surface area contributed by atoms with Crippen LogP contribution in [0.15, 0.2) is 57.6 Å². The third-order valence-electron chi connectivity index (χ3n) is 16.2. The maximum Gasteiger partial charge on any atom is 0.335 e. The highest BCUT2D eigenvalue weighted by Crippen LogP contribution is 2.50. The van der Waals surface area contributed by atoms with Gasteiger partial charge >= 0.3 is 11.6 Å². The summed E-state index contributed by atoms with van der Waals surface area (Å²) in [6.45, 7) is 21.5. The molecule has 3 N–H and O–H groups in total. The van der Waals surface area contributed by atoms with Gasteiger partial charge in [0.25, 0.3) is 20.4 Å². The van der Waals surface area contributed by atoms with Crippen molar-refractivity contribution >= 4 is 85.9 Å². The van der Waals surface area contributed by atoms with Crippen molar-refractivity contribution in [3.63, 3.8) is 0 Å². The molecule has 0 saturated carbocycles. The molecule has 4 aliphatic rings. The molecule has 10 aromatic rings. The topological polar surface area (TPSA) is 332 Å². The van der Waals surface area contributed by atoms with E-state index in [1.54, 1.807) is 24.6 Å². The zero-order valence-corrected chi connectivity index (χ0v) is 56.5. The lowest BCUT2D eigenvalue weighted by Gasteiger charge is -2.33. The first-order chi connectivity index (χ1) is 46.3. The Bertz CT molecular complexity index is 4600. The molecular formula is C67H83BN11O16S2. The first-order valence-electron chi connectivity index (χ1n) is 31.1. The lowest BCUT2D eigenvalue weighted by molar-refractivity contribution is -0.120. The normalized spacial score (nSPS) is 14.2. The summed E-state index contributed by atoms with van der Waals surface area (Å²) in [4.78, 5) is 54.7. The van der Waals surface area contributed by atoms with Gasteiger partial charge in [-0.3, -0.25) is 9.59 Å². The number of fused-ring (bicyclic) bond motifs is 8. The van der Waals surface area contributed by atoms with Crippen LogP contribution in [0.3, 0.4) is 0 Å². The van der Waals surface area contributed by atoms with E-state index in [0.29, 0.717) is 137 Å². The maximum atomic E-state index is 13.6. The second-order valence-electron chi connectivity index (χ2n) is 22.1. The highest BCUT2D eigenvalue weighted by Gasteiger charge is 2.32. The number of sulfonamides is 1. The molecule has 0 spiro atoms. The molecule has 14 rings (SSSR count). The number of H-pyrrole nitrogens is 2. The van der Waals surface area contributed by atoms with E-state index in [0.717, 1.165) is 111 Å². The number of piperazine rings is 1. The van der Waals surface area contributed by atoms with Crippen molar-refractivity contribution in [3.8, 4) is 85.0 Å². The number of piperidine rings is 1. The van der Waals surface area contributed by atoms with Gasteiger partial charge < -0.3 is 67.0 Å². The van der Waals surface area contributed by atoms with Crippen molar-refractivity contribution in [1.82, 2.24) is 54.3 Å². The summed E-state index contributed by atoms with van der Waals surface area (Å²) in [6.07, 6.45) is 4.49. The third kappa shape index (κ3) is 15.5. The summed E-state index contributed by atoms with van der Waals surface area (Å²) in [5.41, 5.74) is 11.5. The molecule has 0 atom stereocenters. The molecule has 517 valence electrons. The van der Waals surface area contributed by atoms with Crippen LogP contribution >= 0.6 is 0 Å². The summed E-state index contributed by atoms with van der Waals surface area (Å²) in [6, 6.07) is 15.2. The van der Waals surface area contributed by atoms with E-state index < -0.39 is 21.6 Å². The predicted molar refractivity (Wildman–Crippen MR) is 372 cm³/mol. The number of ether oxygens (including phenoxy) is 7. The van der Waals surface area contributed by atoms with E-state index in [1.807, 2.05) is 103 Å². The van der Waals surface area contributed by atoms with E-state index in [1.165, 1.54) is 12.7 Å². The lowest BCUT2D eigenvalue weighted by Crippen LogP contribution is -2.47. The number of amides is 1. The summed E-state index contributed by atoms with van der Waals surface area (Å²) in [7, 11) is 2.71. The number of hydrogen-bond donors (Lipinski definition) is 3. The van der Waals surface area contributed by atoms with Crippen molar-refractivity contribution in [3.05, 3.63) is 88.7 Å². The number of nitrogens with zero attached hydrogens (tertiary/aromatic N) is 9. The van der Waals surface area contributed by atoms with Gasteiger partial charge in [0.1, 0.15) is 72.4 Å². The van der Waals surface area contributed by atoms with Crippen LogP contribution in [0.5, 0.6) is 40.2 Å². The van der Waals surface area contributed by atoms with Crippen molar-refractivity contribution in [2.45, 2.75) is 89.5 Å². The molecule has 97 heavy (non-hydrogen) atoms. The molecule has 0 bridgehead atoms. The molecule has 30 heteroatoms. The Hall–Kier alpha value is -9.49. The van der Waals surface area contributed by atoms with Gasteiger partial charge in [-0.15, -0.1) is 0 Å². The number of carbonyl (C=O) groups is 2. The molecule has 1 radical (unpaired) electrons. The van der Waals surface area contributed by atoms with Crippen LogP contribution in [0.25, 0.3) is 88.6 Å². The zero-order valence-electron chi connectivity index (χ0n) is 55.9. The average molecular weight is 1380 g/mol. The van der Waals surface area contributed by atoms with Gasteiger partial charge in [-0.25, -0.2) is 32.7 Å². The van der Waals surface area contributed by atoms with E-state index in [9.17, 15) is 18.0 Å². The second kappa shape index (κ2) is 33.0. The first kappa shape index (κ1) is 73.3. The van der Waals surface area contributed by atoms with Gasteiger partial charge in [0, 0.05) is 84.7 Å². The van der Waals surface area contributed by atoms with Crippen LogP contribution in [0, 0.1) is 41.5 Å². The largest absolute Gasteiger partial charge is 0.496 e. The lowest BCUT2D eigenvalue weighted by atomic mass is 9.98. The summed E-state index contributed by atoms with van der Waals surface area (Å²) in [5.74, 6) is 6.01. The van der Waals surface area contributed by atoms with Crippen LogP contribution in [0.4, 0.5) is 0 Å². The fourth-order valence-electron chi connectivity index (χ4n) is 12.0. The van der Waals surface area contributed by atoms with Crippen molar-refractivity contribution in [1.29, 1.82) is 1.34 Å². The quantitative estimate of drug-likeness (QED) is 0.0846. The second-order valence-corrected chi connectivity index (χ2v) is 24.2. The number of methoxy groups -OCH3 is 2. The van der Waals surface area contributed by atoms with Crippen LogP contribution in [-0.2, 0) is 26.4 Å². The highest BCUT2D eigenvalue weighted by molar-refractivity contribution is 7.88. The third-order valence-corrected chi connectivity index (χ3v) is 17.5. The highest BCUT2D eigenvalue weighted by atomic mass is 32.2. The molecule has 1 amide bonds. The van der Waals surface area contributed by atoms with Crippen LogP contribution < -0.4 is 33.2 Å². The predicted octanol–water partition coefficient (Wildman–Crippen LogP) is 10.1. The summed E-state index contributed by atoms with van der Waals surface area (Å²) >= 11 is -0.750. The van der Waals surface area contributed by atoms with Crippen LogP contribution in [0.1, 0.15) is 92.9 Å². The van der Waals surface area contributed by atoms with Gasteiger partial charge in [0.2, 0.25) is 15.8 Å². The molecule has 10 heterocycles. The Kier molecular flexibility index (Phi) is 24.9. The Labute approximate surface area is 568 Å². The van der Waals surface area contributed by atoms with Gasteiger partial charge in [-0.05, 0) is 110 Å². The number of hydrogen-bond acceptors (Lipinski definition) is 23. The van der Waals surface area contributed by atoms with Gasteiger partial charge in [-0.2, -0.15) is 8.42 Å². The van der Waals surface area contributed by atoms with E-state index >= 15 is 0 Å². The number of likely N-dealkylation sites (N-methyl/N-ethyl adjacent to an activating group) is 1. The average Bonchev–Trinajstić information content (AvgIpc) is 1.53. The number of aryl methyl sites for hydroxylation is 6. The number of rotatable bonds is 10. The Morgan fingerprint density at radius 3 is 1.48 bits per heavy atom. The zero-order chi connectivity index (χ0) is 69.1. The Morgan fingerprint density at radius 1 is 0.639 bits per heavy atom. The number of benzene rings is 4. The Balaban J connectivity index is 0.000000219. The molecule has 27 nitrogen and oxygen atoms in total. The molecule has 0 unspecified atom stereocenters. The smallest absolute Gasteiger partial charge is 0.335 e. The Morgan fingerprint density at radius 2 is 1.07 bits per heavy atom. The van der Waals surface area contributed by atoms with E-state index in [4.69, 9.17) is 71.9 Å². The van der Waals surface area contributed by atoms with Gasteiger partial charge in [-0.1, -0.05) is 45.4 Å². The SMILES string of the molecule is C.C.CC.COc1cc2c(cc1-c1c(C)noc1C)[nH]c1nc(C)nc(-c3ccc(C(=O)N4CCN(C)CC4)c4c3OCCO4)c12.COc1cc2c(cc1-c1c(C)noc1C)[nH]c1nc(C)nc(-c3ccc(OC=O)c4c3OCCO4)c12.CS(=O)(=O)N1CCCCC1.O=S=O.[3H][B]O. The van der Waals surface area contributed by atoms with Gasteiger partial charge in [0.15, 0.2) is 23.0 Å². The maximum absolute atomic E-state index is 13.6. The molecular weight excluding hydrogens is 1290 g/mol.